The van der Waals surface area contributed by atoms with Crippen LogP contribution < -0.4 is 10.2 Å². The molecular formula is C27H38N4O3S. The zero-order valence-corrected chi connectivity index (χ0v) is 21.4. The Bertz CT molecular complexity index is 1140. The van der Waals surface area contributed by atoms with Gasteiger partial charge in [-0.1, -0.05) is 32.1 Å². The van der Waals surface area contributed by atoms with Crippen molar-refractivity contribution in [3.05, 3.63) is 30.3 Å². The lowest BCUT2D eigenvalue weighted by atomic mass is 9.94. The second-order valence-corrected chi connectivity index (χ2v) is 12.4. The van der Waals surface area contributed by atoms with Crippen LogP contribution in [0.1, 0.15) is 70.6 Å². The zero-order chi connectivity index (χ0) is 24.3. The van der Waals surface area contributed by atoms with E-state index in [1.807, 2.05) is 18.2 Å². The molecule has 2 aliphatic heterocycles. The van der Waals surface area contributed by atoms with E-state index < -0.39 is 10.0 Å². The van der Waals surface area contributed by atoms with Crippen LogP contribution in [0.4, 0.5) is 5.82 Å². The van der Waals surface area contributed by atoms with Gasteiger partial charge in [-0.15, -0.1) is 0 Å². The fourth-order valence-corrected chi connectivity index (χ4v) is 7.38. The summed E-state index contributed by atoms with van der Waals surface area (Å²) < 4.78 is 27.4. The average Bonchev–Trinajstić information content (AvgIpc) is 3.41. The predicted molar refractivity (Wildman–Crippen MR) is 139 cm³/mol. The summed E-state index contributed by atoms with van der Waals surface area (Å²) in [6, 6.07) is 9.46. The van der Waals surface area contributed by atoms with E-state index in [-0.39, 0.29) is 11.8 Å². The number of nitrogens with zero attached hydrogens (tertiary/aromatic N) is 3. The molecule has 5 rings (SSSR count). The second-order valence-electron chi connectivity index (χ2n) is 10.5. The number of hydrogen-bond acceptors (Lipinski definition) is 5. The maximum absolute atomic E-state index is 13.1. The fraction of sp³-hybridized carbons (Fsp3) is 0.630. The van der Waals surface area contributed by atoms with E-state index in [0.29, 0.717) is 30.6 Å². The van der Waals surface area contributed by atoms with Crippen molar-refractivity contribution in [2.45, 2.75) is 81.6 Å². The molecule has 3 aliphatic rings. The molecule has 35 heavy (non-hydrogen) atoms. The molecule has 1 N–H and O–H groups in total. The highest BCUT2D eigenvalue weighted by atomic mass is 32.2. The fourth-order valence-electron chi connectivity index (χ4n) is 5.83. The van der Waals surface area contributed by atoms with Crippen LogP contribution in [0.3, 0.4) is 0 Å². The number of nitrogens with one attached hydrogen (secondary N) is 1. The molecule has 1 atom stereocenters. The molecule has 0 spiro atoms. The van der Waals surface area contributed by atoms with Crippen molar-refractivity contribution >= 4 is 32.7 Å². The van der Waals surface area contributed by atoms with E-state index in [1.165, 1.54) is 32.1 Å². The van der Waals surface area contributed by atoms with Gasteiger partial charge in [0.2, 0.25) is 15.9 Å². The molecule has 1 saturated carbocycles. The quantitative estimate of drug-likeness (QED) is 0.658. The number of fused-ring (bicyclic) bond motifs is 1. The van der Waals surface area contributed by atoms with E-state index in [1.54, 1.807) is 16.4 Å². The first-order valence-corrected chi connectivity index (χ1v) is 14.9. The molecule has 8 heteroatoms. The standard InChI is InChI=1S/C27H38N4O3S/c32-27(28-23-10-4-2-1-3-5-11-23)22-9-8-16-30(20-22)26-15-12-21-19-24(13-14-25(21)29-26)35(33,34)31-17-6-7-18-31/h12-15,19,22-23H,1-11,16-18,20H2,(H,28,32). The lowest BCUT2D eigenvalue weighted by molar-refractivity contribution is -0.126. The summed E-state index contributed by atoms with van der Waals surface area (Å²) in [5.41, 5.74) is 0.781. The molecule has 1 unspecified atom stereocenters. The first-order chi connectivity index (χ1) is 17.0. The van der Waals surface area contributed by atoms with Crippen molar-refractivity contribution < 1.29 is 13.2 Å². The van der Waals surface area contributed by atoms with E-state index in [4.69, 9.17) is 4.98 Å². The number of sulfonamides is 1. The number of carbonyl (C=O) groups is 1. The van der Waals surface area contributed by atoms with Gasteiger partial charge in [0.15, 0.2) is 0 Å². The number of anilines is 1. The third-order valence-electron chi connectivity index (χ3n) is 7.92. The molecule has 0 bridgehead atoms. The van der Waals surface area contributed by atoms with Crippen LogP contribution in [0.15, 0.2) is 35.2 Å². The summed E-state index contributed by atoms with van der Waals surface area (Å²) in [4.78, 5) is 20.5. The Kier molecular flexibility index (Phi) is 7.58. The molecule has 3 heterocycles. The third-order valence-corrected chi connectivity index (χ3v) is 9.81. The van der Waals surface area contributed by atoms with Crippen LogP contribution in [0.2, 0.25) is 0 Å². The summed E-state index contributed by atoms with van der Waals surface area (Å²) in [5.74, 6) is 1.04. The first kappa shape index (κ1) is 24.5. The number of pyridine rings is 1. The van der Waals surface area contributed by atoms with Crippen LogP contribution in [-0.2, 0) is 14.8 Å². The van der Waals surface area contributed by atoms with Crippen LogP contribution in [0.25, 0.3) is 10.9 Å². The normalized spacial score (nSPS) is 23.2. The summed E-state index contributed by atoms with van der Waals surface area (Å²) in [6.07, 6.45) is 12.2. The Morgan fingerprint density at radius 3 is 2.37 bits per heavy atom. The molecule has 2 saturated heterocycles. The molecule has 1 aromatic heterocycles. The lowest BCUT2D eigenvalue weighted by Gasteiger charge is -2.34. The number of amides is 1. The van der Waals surface area contributed by atoms with Gasteiger partial charge in [0.25, 0.3) is 0 Å². The van der Waals surface area contributed by atoms with Gasteiger partial charge in [-0.2, -0.15) is 4.31 Å². The van der Waals surface area contributed by atoms with Crippen LogP contribution in [0.5, 0.6) is 0 Å². The average molecular weight is 499 g/mol. The number of rotatable bonds is 5. The molecule has 1 aromatic carbocycles. The van der Waals surface area contributed by atoms with Crippen LogP contribution >= 0.6 is 0 Å². The highest BCUT2D eigenvalue weighted by Crippen LogP contribution is 2.28. The molecule has 3 fully saturated rings. The van der Waals surface area contributed by atoms with Gasteiger partial charge in [-0.05, 0) is 68.9 Å². The Balaban J connectivity index is 1.26. The smallest absolute Gasteiger partial charge is 0.243 e. The maximum atomic E-state index is 13.1. The van der Waals surface area contributed by atoms with Gasteiger partial charge < -0.3 is 10.2 Å². The summed E-state index contributed by atoms with van der Waals surface area (Å²) in [7, 11) is -3.44. The van der Waals surface area contributed by atoms with Crippen molar-refractivity contribution in [2.75, 3.05) is 31.1 Å². The molecule has 190 valence electrons. The van der Waals surface area contributed by atoms with E-state index in [9.17, 15) is 13.2 Å². The monoisotopic (exact) mass is 498 g/mol. The summed E-state index contributed by atoms with van der Waals surface area (Å²) in [5, 5.41) is 4.18. The third kappa shape index (κ3) is 5.64. The molecule has 2 aromatic rings. The highest BCUT2D eigenvalue weighted by molar-refractivity contribution is 7.89. The van der Waals surface area contributed by atoms with Gasteiger partial charge in [0.05, 0.1) is 16.3 Å². The molecule has 1 aliphatic carbocycles. The number of aromatic nitrogens is 1. The van der Waals surface area contributed by atoms with E-state index >= 15 is 0 Å². The highest BCUT2D eigenvalue weighted by Gasteiger charge is 2.29. The van der Waals surface area contributed by atoms with Crippen molar-refractivity contribution in [2.24, 2.45) is 5.92 Å². The Morgan fingerprint density at radius 1 is 0.857 bits per heavy atom. The van der Waals surface area contributed by atoms with Crippen molar-refractivity contribution in [3.8, 4) is 0 Å². The van der Waals surface area contributed by atoms with Gasteiger partial charge in [0, 0.05) is 37.6 Å². The topological polar surface area (TPSA) is 82.6 Å². The molecule has 7 nitrogen and oxygen atoms in total. The summed E-state index contributed by atoms with van der Waals surface area (Å²) in [6.45, 7) is 2.76. The number of hydrogen-bond donors (Lipinski definition) is 1. The Labute approximate surface area is 209 Å². The van der Waals surface area contributed by atoms with Crippen molar-refractivity contribution in [3.63, 3.8) is 0 Å². The summed E-state index contributed by atoms with van der Waals surface area (Å²) >= 11 is 0. The molecular weight excluding hydrogens is 460 g/mol. The minimum Gasteiger partial charge on any atom is -0.356 e. The van der Waals surface area contributed by atoms with Gasteiger partial charge >= 0.3 is 0 Å². The van der Waals surface area contributed by atoms with Crippen LogP contribution in [-0.4, -0.2) is 55.8 Å². The number of piperidine rings is 1. The SMILES string of the molecule is O=C(NC1CCCCCCC1)C1CCCN(c2ccc3cc(S(=O)(=O)N4CCCC4)ccc3n2)C1. The van der Waals surface area contributed by atoms with Gasteiger partial charge in [-0.3, -0.25) is 4.79 Å². The van der Waals surface area contributed by atoms with E-state index in [0.717, 1.165) is 61.8 Å². The second kappa shape index (κ2) is 10.8. The van der Waals surface area contributed by atoms with Crippen LogP contribution in [0, 0.1) is 5.92 Å². The van der Waals surface area contributed by atoms with E-state index in [2.05, 4.69) is 10.2 Å². The minimum absolute atomic E-state index is 0.0142. The number of benzene rings is 1. The largest absolute Gasteiger partial charge is 0.356 e. The van der Waals surface area contributed by atoms with Gasteiger partial charge in [0.1, 0.15) is 5.82 Å². The minimum atomic E-state index is -3.44. The lowest BCUT2D eigenvalue weighted by Crippen LogP contribution is -2.46. The molecule has 1 amide bonds. The molecule has 0 radical (unpaired) electrons. The number of carbonyl (C=O) groups excluding carboxylic acids is 1. The maximum Gasteiger partial charge on any atom is 0.243 e. The van der Waals surface area contributed by atoms with Crippen molar-refractivity contribution in [1.29, 1.82) is 0 Å². The predicted octanol–water partition coefficient (Wildman–Crippen LogP) is 4.46. The Hall–Kier alpha value is -2.19. The zero-order valence-electron chi connectivity index (χ0n) is 20.6. The van der Waals surface area contributed by atoms with Crippen molar-refractivity contribution in [1.82, 2.24) is 14.6 Å². The Morgan fingerprint density at radius 2 is 1.60 bits per heavy atom. The first-order valence-electron chi connectivity index (χ1n) is 13.5. The van der Waals surface area contributed by atoms with Gasteiger partial charge in [-0.25, -0.2) is 13.4 Å².